The number of hydrogen-bond acceptors (Lipinski definition) is 2. The van der Waals surface area contributed by atoms with E-state index in [-0.39, 0.29) is 40.5 Å². The molecule has 0 heterocycles. The standard InChI is InChI=1S/C21H32FN3OS.HI/c1-3-23-20(25-16-8-7-9-17(14-16)27(26)4-2)24-15-21(12-13-21)18-10-5-6-11-19(18)22;/h5-6,10-11,16-17H,3-4,7-9,12-15H2,1-2H3,(H2,23,24,25);1H. The molecule has 3 rings (SSSR count). The number of guanidine groups is 1. The molecule has 158 valence electrons. The molecule has 7 heteroatoms. The summed E-state index contributed by atoms with van der Waals surface area (Å²) in [5, 5.41) is 7.16. The van der Waals surface area contributed by atoms with Crippen LogP contribution in [0.25, 0.3) is 0 Å². The van der Waals surface area contributed by atoms with Gasteiger partial charge in [-0.05, 0) is 50.7 Å². The Bertz CT molecular complexity index is 696. The van der Waals surface area contributed by atoms with E-state index < -0.39 is 10.8 Å². The Kier molecular flexibility index (Phi) is 9.18. The van der Waals surface area contributed by atoms with E-state index in [0.29, 0.717) is 12.6 Å². The Morgan fingerprint density at radius 3 is 2.68 bits per heavy atom. The van der Waals surface area contributed by atoms with E-state index in [1.165, 1.54) is 0 Å². The van der Waals surface area contributed by atoms with Crippen molar-refractivity contribution in [1.29, 1.82) is 0 Å². The third-order valence-electron chi connectivity index (χ3n) is 5.81. The Balaban J connectivity index is 0.00000280. The molecular weight excluding hydrogens is 488 g/mol. The van der Waals surface area contributed by atoms with Crippen molar-refractivity contribution in [2.45, 2.75) is 69.1 Å². The molecule has 2 aliphatic rings. The maximum atomic E-state index is 14.2. The first-order valence-corrected chi connectivity index (χ1v) is 11.6. The topological polar surface area (TPSA) is 53.5 Å². The molecule has 0 spiro atoms. The summed E-state index contributed by atoms with van der Waals surface area (Å²) < 4.78 is 26.4. The first-order valence-electron chi connectivity index (χ1n) is 10.2. The molecular formula is C21H33FIN3OS. The van der Waals surface area contributed by atoms with Crippen molar-refractivity contribution in [3.8, 4) is 0 Å². The van der Waals surface area contributed by atoms with Crippen molar-refractivity contribution in [3.63, 3.8) is 0 Å². The molecule has 4 nitrogen and oxygen atoms in total. The summed E-state index contributed by atoms with van der Waals surface area (Å²) in [5.74, 6) is 1.41. The van der Waals surface area contributed by atoms with Crippen LogP contribution in [0.15, 0.2) is 29.3 Å². The summed E-state index contributed by atoms with van der Waals surface area (Å²) in [7, 11) is -0.730. The average molecular weight is 521 g/mol. The van der Waals surface area contributed by atoms with E-state index in [4.69, 9.17) is 4.99 Å². The second kappa shape index (κ2) is 10.9. The van der Waals surface area contributed by atoms with Crippen LogP contribution in [0, 0.1) is 5.82 Å². The fraction of sp³-hybridized carbons (Fsp3) is 0.667. The molecule has 2 saturated carbocycles. The molecule has 2 fully saturated rings. The number of benzene rings is 1. The minimum atomic E-state index is -0.730. The fourth-order valence-corrected chi connectivity index (χ4v) is 5.40. The third-order valence-corrected chi connectivity index (χ3v) is 7.55. The predicted octanol–water partition coefficient (Wildman–Crippen LogP) is 4.11. The van der Waals surface area contributed by atoms with Crippen molar-refractivity contribution in [1.82, 2.24) is 10.6 Å². The Morgan fingerprint density at radius 2 is 2.04 bits per heavy atom. The summed E-state index contributed by atoms with van der Waals surface area (Å²) in [6.45, 7) is 5.43. The van der Waals surface area contributed by atoms with Gasteiger partial charge in [-0.15, -0.1) is 24.0 Å². The zero-order valence-corrected chi connectivity index (χ0v) is 20.0. The van der Waals surface area contributed by atoms with Gasteiger partial charge in [0.05, 0.1) is 6.54 Å². The summed E-state index contributed by atoms with van der Waals surface area (Å²) >= 11 is 0. The summed E-state index contributed by atoms with van der Waals surface area (Å²) in [4.78, 5) is 4.80. The van der Waals surface area contributed by atoms with E-state index in [2.05, 4.69) is 17.6 Å². The monoisotopic (exact) mass is 521 g/mol. The summed E-state index contributed by atoms with van der Waals surface area (Å²) in [6, 6.07) is 7.38. The van der Waals surface area contributed by atoms with E-state index in [0.717, 1.165) is 62.3 Å². The first-order chi connectivity index (χ1) is 13.1. The van der Waals surface area contributed by atoms with Gasteiger partial charge in [0.25, 0.3) is 0 Å². The van der Waals surface area contributed by atoms with Crippen LogP contribution in [0.2, 0.25) is 0 Å². The summed E-state index contributed by atoms with van der Waals surface area (Å²) in [6.07, 6.45) is 6.15. The molecule has 0 aliphatic heterocycles. The number of nitrogens with zero attached hydrogens (tertiary/aromatic N) is 1. The lowest BCUT2D eigenvalue weighted by molar-refractivity contribution is 0.413. The molecule has 2 N–H and O–H groups in total. The molecule has 28 heavy (non-hydrogen) atoms. The molecule has 0 amide bonds. The van der Waals surface area contributed by atoms with Gasteiger partial charge in [-0.1, -0.05) is 31.5 Å². The third kappa shape index (κ3) is 5.90. The largest absolute Gasteiger partial charge is 0.357 e. The number of nitrogens with one attached hydrogen (secondary N) is 2. The highest BCUT2D eigenvalue weighted by Gasteiger charge is 2.45. The van der Waals surface area contributed by atoms with Crippen LogP contribution in [0.3, 0.4) is 0 Å². The van der Waals surface area contributed by atoms with Gasteiger partial charge in [0.2, 0.25) is 0 Å². The molecule has 0 aromatic heterocycles. The van der Waals surface area contributed by atoms with Gasteiger partial charge in [0.1, 0.15) is 5.82 Å². The quantitative estimate of drug-likeness (QED) is 0.323. The van der Waals surface area contributed by atoms with E-state index in [1.54, 1.807) is 12.1 Å². The van der Waals surface area contributed by atoms with Crippen molar-refractivity contribution in [2.24, 2.45) is 4.99 Å². The normalized spacial score (nSPS) is 24.8. The van der Waals surface area contributed by atoms with Crippen molar-refractivity contribution >= 4 is 40.7 Å². The Morgan fingerprint density at radius 1 is 1.29 bits per heavy atom. The molecule has 1 aromatic rings. The van der Waals surface area contributed by atoms with Crippen LogP contribution < -0.4 is 10.6 Å². The lowest BCUT2D eigenvalue weighted by atomic mass is 9.95. The zero-order valence-electron chi connectivity index (χ0n) is 16.9. The second-order valence-electron chi connectivity index (χ2n) is 7.75. The number of halogens is 2. The molecule has 0 radical (unpaired) electrons. The molecule has 2 aliphatic carbocycles. The Hall–Kier alpha value is -0.700. The van der Waals surface area contributed by atoms with Crippen LogP contribution in [-0.4, -0.2) is 40.3 Å². The number of rotatable bonds is 7. The van der Waals surface area contributed by atoms with Gasteiger partial charge in [-0.25, -0.2) is 4.39 Å². The number of aliphatic imine (C=N–C) groups is 1. The van der Waals surface area contributed by atoms with Crippen LogP contribution in [-0.2, 0) is 16.2 Å². The average Bonchev–Trinajstić information content (AvgIpc) is 3.47. The maximum absolute atomic E-state index is 14.2. The smallest absolute Gasteiger partial charge is 0.191 e. The van der Waals surface area contributed by atoms with Gasteiger partial charge in [-0.2, -0.15) is 0 Å². The van der Waals surface area contributed by atoms with Crippen molar-refractivity contribution < 1.29 is 8.60 Å². The van der Waals surface area contributed by atoms with Gasteiger partial charge < -0.3 is 10.6 Å². The van der Waals surface area contributed by atoms with Crippen LogP contribution in [0.5, 0.6) is 0 Å². The van der Waals surface area contributed by atoms with Crippen LogP contribution in [0.4, 0.5) is 4.39 Å². The van der Waals surface area contributed by atoms with Crippen molar-refractivity contribution in [2.75, 3.05) is 18.8 Å². The summed E-state index contributed by atoms with van der Waals surface area (Å²) in [5.41, 5.74) is 0.646. The number of hydrogen-bond donors (Lipinski definition) is 2. The highest BCUT2D eigenvalue weighted by atomic mass is 127. The SMILES string of the molecule is CCNC(=NCC1(c2ccccc2F)CC1)NC1CCCC(S(=O)CC)C1.I. The van der Waals surface area contributed by atoms with Crippen LogP contribution >= 0.6 is 24.0 Å². The van der Waals surface area contributed by atoms with Gasteiger partial charge in [0.15, 0.2) is 5.96 Å². The maximum Gasteiger partial charge on any atom is 0.191 e. The fourth-order valence-electron chi connectivity index (χ4n) is 4.05. The van der Waals surface area contributed by atoms with E-state index in [1.807, 2.05) is 19.1 Å². The lowest BCUT2D eigenvalue weighted by Crippen LogP contribution is -2.47. The minimum Gasteiger partial charge on any atom is -0.357 e. The van der Waals surface area contributed by atoms with Crippen molar-refractivity contribution in [3.05, 3.63) is 35.6 Å². The molecule has 3 atom stereocenters. The highest BCUT2D eigenvalue weighted by Crippen LogP contribution is 2.49. The second-order valence-corrected chi connectivity index (χ2v) is 9.76. The lowest BCUT2D eigenvalue weighted by Gasteiger charge is -2.30. The van der Waals surface area contributed by atoms with E-state index >= 15 is 0 Å². The minimum absolute atomic E-state index is 0. The van der Waals surface area contributed by atoms with Gasteiger partial charge >= 0.3 is 0 Å². The first kappa shape index (κ1) is 23.6. The molecule has 0 saturated heterocycles. The van der Waals surface area contributed by atoms with Gasteiger partial charge in [0, 0.05) is 39.8 Å². The highest BCUT2D eigenvalue weighted by molar-refractivity contribution is 14.0. The van der Waals surface area contributed by atoms with Crippen LogP contribution in [0.1, 0.15) is 57.9 Å². The Labute approximate surface area is 188 Å². The molecule has 0 bridgehead atoms. The van der Waals surface area contributed by atoms with Gasteiger partial charge in [-0.3, -0.25) is 9.20 Å². The molecule has 3 unspecified atom stereocenters. The van der Waals surface area contributed by atoms with E-state index in [9.17, 15) is 8.60 Å². The molecule has 1 aromatic carbocycles. The predicted molar refractivity (Wildman–Crippen MR) is 127 cm³/mol. The zero-order chi connectivity index (χ0) is 19.3.